The summed E-state index contributed by atoms with van der Waals surface area (Å²) in [5, 5.41) is 12.5. The van der Waals surface area contributed by atoms with Crippen LogP contribution in [0.4, 0.5) is 5.69 Å². The van der Waals surface area contributed by atoms with Gasteiger partial charge >= 0.3 is 0 Å². The molecule has 0 spiro atoms. The fourth-order valence-corrected chi connectivity index (χ4v) is 3.50. The summed E-state index contributed by atoms with van der Waals surface area (Å²) in [7, 11) is 0. The van der Waals surface area contributed by atoms with E-state index >= 15 is 0 Å². The molecule has 0 heterocycles. The Labute approximate surface area is 115 Å². The van der Waals surface area contributed by atoms with Gasteiger partial charge in [0.25, 0.3) is 0 Å². The molecule has 3 atom stereocenters. The highest BCUT2D eigenvalue weighted by molar-refractivity contribution is 5.46. The lowest BCUT2D eigenvalue weighted by molar-refractivity contribution is 0.288. The first-order valence-corrected chi connectivity index (χ1v) is 7.47. The monoisotopic (exact) mass is 257 g/mol. The molecular formula is C17H23NO. The molecule has 0 aromatic heterocycles. The normalized spacial score (nSPS) is 27.9. The SMILES string of the molecule is OCCCc1cccc(NCC2CC3C=CC2C3)c1. The van der Waals surface area contributed by atoms with Crippen LogP contribution in [-0.2, 0) is 6.42 Å². The second kappa shape index (κ2) is 5.79. The molecule has 3 rings (SSSR count). The molecule has 0 radical (unpaired) electrons. The van der Waals surface area contributed by atoms with Crippen molar-refractivity contribution < 1.29 is 5.11 Å². The van der Waals surface area contributed by atoms with Crippen LogP contribution in [-0.4, -0.2) is 18.3 Å². The van der Waals surface area contributed by atoms with Gasteiger partial charge in [0.1, 0.15) is 0 Å². The van der Waals surface area contributed by atoms with E-state index in [2.05, 4.69) is 41.7 Å². The summed E-state index contributed by atoms with van der Waals surface area (Å²) in [5.41, 5.74) is 2.54. The van der Waals surface area contributed by atoms with Crippen LogP contribution in [0, 0.1) is 17.8 Å². The molecule has 2 nitrogen and oxygen atoms in total. The Morgan fingerprint density at radius 2 is 2.16 bits per heavy atom. The van der Waals surface area contributed by atoms with Gasteiger partial charge in [-0.25, -0.2) is 0 Å². The van der Waals surface area contributed by atoms with Crippen molar-refractivity contribution in [1.29, 1.82) is 0 Å². The predicted molar refractivity (Wildman–Crippen MR) is 79.2 cm³/mol. The van der Waals surface area contributed by atoms with Gasteiger partial charge in [0.05, 0.1) is 0 Å². The fraction of sp³-hybridized carbons (Fsp3) is 0.529. The first kappa shape index (κ1) is 12.7. The number of hydrogen-bond acceptors (Lipinski definition) is 2. The van der Waals surface area contributed by atoms with E-state index in [9.17, 15) is 0 Å². The molecule has 102 valence electrons. The Hall–Kier alpha value is -1.28. The zero-order valence-corrected chi connectivity index (χ0v) is 11.4. The molecule has 2 aliphatic rings. The van der Waals surface area contributed by atoms with Crippen molar-refractivity contribution in [3.05, 3.63) is 42.0 Å². The van der Waals surface area contributed by atoms with Gasteiger partial charge in [-0.3, -0.25) is 0 Å². The van der Waals surface area contributed by atoms with Crippen LogP contribution < -0.4 is 5.32 Å². The van der Waals surface area contributed by atoms with Crippen LogP contribution >= 0.6 is 0 Å². The summed E-state index contributed by atoms with van der Waals surface area (Å²) < 4.78 is 0. The molecule has 0 amide bonds. The highest BCUT2D eigenvalue weighted by Gasteiger charge is 2.35. The molecule has 19 heavy (non-hydrogen) atoms. The van der Waals surface area contributed by atoms with Crippen molar-refractivity contribution in [2.24, 2.45) is 17.8 Å². The summed E-state index contributed by atoms with van der Waals surface area (Å²) in [5.74, 6) is 2.49. The summed E-state index contributed by atoms with van der Waals surface area (Å²) in [4.78, 5) is 0. The van der Waals surface area contributed by atoms with E-state index in [-0.39, 0.29) is 6.61 Å². The minimum Gasteiger partial charge on any atom is -0.396 e. The van der Waals surface area contributed by atoms with Crippen molar-refractivity contribution in [2.75, 3.05) is 18.5 Å². The summed E-state index contributed by atoms with van der Waals surface area (Å²) in [6.45, 7) is 1.37. The number of allylic oxidation sites excluding steroid dienone is 2. The molecule has 2 bridgehead atoms. The number of fused-ring (bicyclic) bond motifs is 2. The van der Waals surface area contributed by atoms with Gasteiger partial charge in [0.15, 0.2) is 0 Å². The maximum atomic E-state index is 8.88. The van der Waals surface area contributed by atoms with Crippen LogP contribution in [0.25, 0.3) is 0 Å². The molecule has 3 unspecified atom stereocenters. The third kappa shape index (κ3) is 3.01. The predicted octanol–water partition coefficient (Wildman–Crippen LogP) is 3.24. The van der Waals surface area contributed by atoms with E-state index in [1.165, 1.54) is 24.1 Å². The van der Waals surface area contributed by atoms with E-state index < -0.39 is 0 Å². The number of hydrogen-bond donors (Lipinski definition) is 2. The van der Waals surface area contributed by atoms with Crippen molar-refractivity contribution in [3.63, 3.8) is 0 Å². The van der Waals surface area contributed by atoms with Crippen LogP contribution in [0.15, 0.2) is 36.4 Å². The zero-order chi connectivity index (χ0) is 13.1. The smallest absolute Gasteiger partial charge is 0.0434 e. The van der Waals surface area contributed by atoms with Gasteiger partial charge in [0.2, 0.25) is 0 Å². The highest BCUT2D eigenvalue weighted by atomic mass is 16.2. The molecular weight excluding hydrogens is 234 g/mol. The molecule has 2 aliphatic carbocycles. The molecule has 1 fully saturated rings. The highest BCUT2D eigenvalue weighted by Crippen LogP contribution is 2.43. The van der Waals surface area contributed by atoms with E-state index in [0.29, 0.717) is 0 Å². The molecule has 0 saturated heterocycles. The Morgan fingerprint density at radius 3 is 2.89 bits per heavy atom. The zero-order valence-electron chi connectivity index (χ0n) is 11.4. The van der Waals surface area contributed by atoms with Gasteiger partial charge in [-0.2, -0.15) is 0 Å². The second-order valence-corrected chi connectivity index (χ2v) is 5.95. The van der Waals surface area contributed by atoms with Gasteiger partial charge < -0.3 is 10.4 Å². The van der Waals surface area contributed by atoms with Crippen LogP contribution in [0.2, 0.25) is 0 Å². The first-order valence-electron chi connectivity index (χ1n) is 7.47. The van der Waals surface area contributed by atoms with E-state index in [1.807, 2.05) is 0 Å². The average Bonchev–Trinajstić information content (AvgIpc) is 3.06. The van der Waals surface area contributed by atoms with E-state index in [1.54, 1.807) is 0 Å². The van der Waals surface area contributed by atoms with Gasteiger partial charge in [-0.1, -0.05) is 24.3 Å². The van der Waals surface area contributed by atoms with Gasteiger partial charge in [0, 0.05) is 18.8 Å². The minimum atomic E-state index is 0.273. The number of benzene rings is 1. The molecule has 0 aliphatic heterocycles. The average molecular weight is 257 g/mol. The lowest BCUT2D eigenvalue weighted by Gasteiger charge is -2.19. The number of aliphatic hydroxyl groups is 1. The third-order valence-corrected chi connectivity index (χ3v) is 4.54. The summed E-state index contributed by atoms with van der Waals surface area (Å²) in [6.07, 6.45) is 9.36. The molecule has 1 aromatic carbocycles. The Balaban J connectivity index is 1.53. The standard InChI is InChI=1S/C17H23NO/c19-8-2-4-13-3-1-5-17(11-13)18-12-16-10-14-6-7-15(16)9-14/h1,3,5-7,11,14-16,18-19H,2,4,8-10,12H2. The molecule has 2 heteroatoms. The Bertz CT molecular complexity index is 454. The Morgan fingerprint density at radius 1 is 1.21 bits per heavy atom. The summed E-state index contributed by atoms with van der Waals surface area (Å²) in [6, 6.07) is 8.61. The maximum Gasteiger partial charge on any atom is 0.0434 e. The van der Waals surface area contributed by atoms with Crippen molar-refractivity contribution in [2.45, 2.75) is 25.7 Å². The lowest BCUT2D eigenvalue weighted by Crippen LogP contribution is -2.18. The summed E-state index contributed by atoms with van der Waals surface area (Å²) >= 11 is 0. The molecule has 1 saturated carbocycles. The second-order valence-electron chi connectivity index (χ2n) is 5.95. The third-order valence-electron chi connectivity index (χ3n) is 4.54. The molecule has 1 aromatic rings. The maximum absolute atomic E-state index is 8.88. The Kier molecular flexibility index (Phi) is 3.88. The van der Waals surface area contributed by atoms with Crippen molar-refractivity contribution in [1.82, 2.24) is 0 Å². The number of nitrogens with one attached hydrogen (secondary N) is 1. The van der Waals surface area contributed by atoms with Crippen LogP contribution in [0.1, 0.15) is 24.8 Å². The van der Waals surface area contributed by atoms with Gasteiger partial charge in [-0.05, 0) is 61.1 Å². The van der Waals surface area contributed by atoms with Crippen LogP contribution in [0.3, 0.4) is 0 Å². The van der Waals surface area contributed by atoms with E-state index in [0.717, 1.165) is 37.1 Å². The topological polar surface area (TPSA) is 32.3 Å². The van der Waals surface area contributed by atoms with Gasteiger partial charge in [-0.15, -0.1) is 0 Å². The largest absolute Gasteiger partial charge is 0.396 e. The van der Waals surface area contributed by atoms with Crippen molar-refractivity contribution in [3.8, 4) is 0 Å². The van der Waals surface area contributed by atoms with Crippen molar-refractivity contribution >= 4 is 5.69 Å². The quantitative estimate of drug-likeness (QED) is 0.767. The lowest BCUT2D eigenvalue weighted by atomic mass is 9.93. The van der Waals surface area contributed by atoms with E-state index in [4.69, 9.17) is 5.11 Å². The number of anilines is 1. The number of aliphatic hydroxyl groups excluding tert-OH is 1. The number of aryl methyl sites for hydroxylation is 1. The first-order chi connectivity index (χ1) is 9.35. The molecule has 2 N–H and O–H groups in total. The fourth-order valence-electron chi connectivity index (χ4n) is 3.50. The minimum absolute atomic E-state index is 0.273. The number of rotatable bonds is 6. The van der Waals surface area contributed by atoms with Crippen LogP contribution in [0.5, 0.6) is 0 Å².